The molecular formula is C12H20N2O5S. The minimum absolute atomic E-state index is 0.0433. The minimum Gasteiger partial charge on any atom is -0.467 e. The maximum atomic E-state index is 12.0. The number of likely N-dealkylation sites (tertiary alicyclic amines) is 1. The zero-order valence-electron chi connectivity index (χ0n) is 11.7. The van der Waals surface area contributed by atoms with E-state index in [1.54, 1.807) is 4.90 Å². The van der Waals surface area contributed by atoms with Crippen LogP contribution in [0, 0.1) is 0 Å². The van der Waals surface area contributed by atoms with Crippen LogP contribution < -0.4 is 0 Å². The zero-order valence-corrected chi connectivity index (χ0v) is 12.6. The Morgan fingerprint density at radius 1 is 1.25 bits per heavy atom. The Hall–Kier alpha value is -1.15. The van der Waals surface area contributed by atoms with Gasteiger partial charge in [-0.2, -0.15) is 0 Å². The molecule has 1 unspecified atom stereocenters. The van der Waals surface area contributed by atoms with Crippen molar-refractivity contribution in [1.82, 2.24) is 9.21 Å². The van der Waals surface area contributed by atoms with Crippen molar-refractivity contribution in [3.63, 3.8) is 0 Å². The number of sulfonamides is 1. The van der Waals surface area contributed by atoms with Crippen LogP contribution in [0.2, 0.25) is 0 Å². The number of esters is 1. The molecular weight excluding hydrogens is 284 g/mol. The first-order valence-electron chi connectivity index (χ1n) is 6.68. The third-order valence-electron chi connectivity index (χ3n) is 4.01. The normalized spacial score (nSPS) is 26.0. The van der Waals surface area contributed by atoms with Crippen LogP contribution in [0.1, 0.15) is 25.7 Å². The number of hydrogen-bond acceptors (Lipinski definition) is 5. The highest BCUT2D eigenvalue weighted by atomic mass is 32.2. The molecule has 1 atom stereocenters. The van der Waals surface area contributed by atoms with Crippen molar-refractivity contribution in [2.75, 3.05) is 26.5 Å². The summed E-state index contributed by atoms with van der Waals surface area (Å²) in [6, 6.07) is -0.589. The first kappa shape index (κ1) is 15.2. The summed E-state index contributed by atoms with van der Waals surface area (Å²) in [4.78, 5) is 25.3. The standard InChI is InChI=1S/C12H20N2O5S/c1-19-12(16)10-3-4-11(15)14(10)9-5-7-13(8-6-9)20(2,17)18/h9-10H,3-8H2,1-2H3. The molecule has 0 aromatic heterocycles. The molecule has 0 aromatic carbocycles. The number of ether oxygens (including phenoxy) is 1. The first-order chi connectivity index (χ1) is 9.34. The van der Waals surface area contributed by atoms with Crippen LogP contribution in [0.15, 0.2) is 0 Å². The van der Waals surface area contributed by atoms with Crippen LogP contribution in [0.4, 0.5) is 0 Å². The van der Waals surface area contributed by atoms with Crippen molar-refractivity contribution < 1.29 is 22.7 Å². The molecule has 114 valence electrons. The Morgan fingerprint density at radius 2 is 1.85 bits per heavy atom. The van der Waals surface area contributed by atoms with Crippen LogP contribution in [0.25, 0.3) is 0 Å². The highest BCUT2D eigenvalue weighted by Crippen LogP contribution is 2.28. The van der Waals surface area contributed by atoms with Gasteiger partial charge in [-0.3, -0.25) is 4.79 Å². The summed E-state index contributed by atoms with van der Waals surface area (Å²) in [5, 5.41) is 0. The summed E-state index contributed by atoms with van der Waals surface area (Å²) in [5.74, 6) is -0.431. The van der Waals surface area contributed by atoms with Crippen molar-refractivity contribution >= 4 is 21.9 Å². The molecule has 20 heavy (non-hydrogen) atoms. The Balaban J connectivity index is 2.05. The van der Waals surface area contributed by atoms with Gasteiger partial charge in [-0.05, 0) is 19.3 Å². The van der Waals surface area contributed by atoms with Gasteiger partial charge in [0.2, 0.25) is 15.9 Å². The van der Waals surface area contributed by atoms with Gasteiger partial charge in [0.1, 0.15) is 6.04 Å². The molecule has 2 aliphatic heterocycles. The minimum atomic E-state index is -3.18. The Labute approximate surface area is 118 Å². The van der Waals surface area contributed by atoms with E-state index in [2.05, 4.69) is 0 Å². The van der Waals surface area contributed by atoms with Crippen molar-refractivity contribution in [1.29, 1.82) is 0 Å². The maximum Gasteiger partial charge on any atom is 0.328 e. The van der Waals surface area contributed by atoms with Crippen LogP contribution in [-0.2, 0) is 24.3 Å². The molecule has 2 heterocycles. The molecule has 0 aromatic rings. The topological polar surface area (TPSA) is 84.0 Å². The quantitative estimate of drug-likeness (QED) is 0.661. The Kier molecular flexibility index (Phi) is 4.33. The van der Waals surface area contributed by atoms with E-state index in [0.29, 0.717) is 38.8 Å². The smallest absolute Gasteiger partial charge is 0.328 e. The summed E-state index contributed by atoms with van der Waals surface area (Å²) >= 11 is 0. The third-order valence-corrected chi connectivity index (χ3v) is 5.32. The summed E-state index contributed by atoms with van der Waals surface area (Å²) in [5.41, 5.74) is 0. The van der Waals surface area contributed by atoms with Gasteiger partial charge in [0, 0.05) is 25.6 Å². The molecule has 0 spiro atoms. The number of methoxy groups -OCH3 is 1. The van der Waals surface area contributed by atoms with Crippen LogP contribution >= 0.6 is 0 Å². The second-order valence-corrected chi connectivity index (χ2v) is 7.25. The molecule has 2 fully saturated rings. The van der Waals surface area contributed by atoms with Crippen molar-refractivity contribution in [2.24, 2.45) is 0 Å². The summed E-state index contributed by atoms with van der Waals surface area (Å²) < 4.78 is 29.1. The maximum absolute atomic E-state index is 12.0. The van der Waals surface area contributed by atoms with Crippen molar-refractivity contribution in [3.05, 3.63) is 0 Å². The van der Waals surface area contributed by atoms with E-state index in [9.17, 15) is 18.0 Å². The number of hydrogen-bond donors (Lipinski definition) is 0. The fourth-order valence-corrected chi connectivity index (χ4v) is 3.85. The monoisotopic (exact) mass is 304 g/mol. The predicted molar refractivity (Wildman–Crippen MR) is 71.3 cm³/mol. The molecule has 2 saturated heterocycles. The lowest BCUT2D eigenvalue weighted by Gasteiger charge is -2.37. The first-order valence-corrected chi connectivity index (χ1v) is 8.53. The van der Waals surface area contributed by atoms with Gasteiger partial charge in [0.05, 0.1) is 13.4 Å². The molecule has 7 nitrogen and oxygen atoms in total. The van der Waals surface area contributed by atoms with E-state index in [-0.39, 0.29) is 17.9 Å². The number of carbonyl (C=O) groups excluding carboxylic acids is 2. The molecule has 2 aliphatic rings. The largest absolute Gasteiger partial charge is 0.467 e. The van der Waals surface area contributed by atoms with Crippen LogP contribution in [0.5, 0.6) is 0 Å². The number of amides is 1. The number of piperidine rings is 1. The van der Waals surface area contributed by atoms with Gasteiger partial charge in [-0.15, -0.1) is 0 Å². The highest BCUT2D eigenvalue weighted by molar-refractivity contribution is 7.88. The van der Waals surface area contributed by atoms with Gasteiger partial charge in [0.15, 0.2) is 0 Å². The van der Waals surface area contributed by atoms with Gasteiger partial charge in [0.25, 0.3) is 0 Å². The molecule has 0 bridgehead atoms. The fraction of sp³-hybridized carbons (Fsp3) is 0.833. The second-order valence-electron chi connectivity index (χ2n) is 5.27. The van der Waals surface area contributed by atoms with E-state index < -0.39 is 16.1 Å². The molecule has 0 radical (unpaired) electrons. The number of nitrogens with zero attached hydrogens (tertiary/aromatic N) is 2. The molecule has 1 amide bonds. The molecule has 0 aliphatic carbocycles. The Morgan fingerprint density at radius 3 is 2.35 bits per heavy atom. The molecule has 0 saturated carbocycles. The molecule has 2 rings (SSSR count). The predicted octanol–water partition coefficient (Wildman–Crippen LogP) is -0.426. The lowest BCUT2D eigenvalue weighted by Crippen LogP contribution is -2.51. The van der Waals surface area contributed by atoms with E-state index >= 15 is 0 Å². The molecule has 0 N–H and O–H groups in total. The number of rotatable bonds is 3. The SMILES string of the molecule is COC(=O)C1CCC(=O)N1C1CCN(S(C)(=O)=O)CC1. The lowest BCUT2D eigenvalue weighted by atomic mass is 10.0. The van der Waals surface area contributed by atoms with Crippen LogP contribution in [-0.4, -0.2) is 68.0 Å². The third kappa shape index (κ3) is 2.95. The highest BCUT2D eigenvalue weighted by Gasteiger charge is 2.42. The lowest BCUT2D eigenvalue weighted by molar-refractivity contribution is -0.151. The van der Waals surface area contributed by atoms with E-state index in [1.807, 2.05) is 0 Å². The van der Waals surface area contributed by atoms with E-state index in [1.165, 1.54) is 17.7 Å². The average Bonchev–Trinajstić information content (AvgIpc) is 2.79. The van der Waals surface area contributed by atoms with Gasteiger partial charge in [-0.1, -0.05) is 0 Å². The van der Waals surface area contributed by atoms with Gasteiger partial charge >= 0.3 is 5.97 Å². The van der Waals surface area contributed by atoms with Crippen LogP contribution in [0.3, 0.4) is 0 Å². The summed E-state index contributed by atoms with van der Waals surface area (Å²) in [6.07, 6.45) is 3.15. The van der Waals surface area contributed by atoms with Crippen molar-refractivity contribution in [2.45, 2.75) is 37.8 Å². The fourth-order valence-electron chi connectivity index (χ4n) is 2.98. The van der Waals surface area contributed by atoms with E-state index in [0.717, 1.165) is 0 Å². The summed E-state index contributed by atoms with van der Waals surface area (Å²) in [6.45, 7) is 0.780. The second kappa shape index (κ2) is 5.69. The molecule has 8 heteroatoms. The number of carbonyl (C=O) groups is 2. The van der Waals surface area contributed by atoms with Crippen molar-refractivity contribution in [3.8, 4) is 0 Å². The Bertz CT molecular complexity index is 496. The summed E-state index contributed by atoms with van der Waals surface area (Å²) in [7, 11) is -1.87. The van der Waals surface area contributed by atoms with E-state index in [4.69, 9.17) is 4.74 Å². The van der Waals surface area contributed by atoms with Gasteiger partial charge < -0.3 is 9.64 Å². The zero-order chi connectivity index (χ0) is 14.9. The van der Waals surface area contributed by atoms with Gasteiger partial charge in [-0.25, -0.2) is 17.5 Å². The average molecular weight is 304 g/mol.